The molecule has 0 fully saturated rings. The van der Waals surface area contributed by atoms with Crippen LogP contribution in [0.1, 0.15) is 11.3 Å². The molecule has 24 heavy (non-hydrogen) atoms. The molecule has 0 saturated carbocycles. The van der Waals surface area contributed by atoms with Crippen molar-refractivity contribution >= 4 is 32.4 Å². The molecule has 1 aromatic heterocycles. The van der Waals surface area contributed by atoms with Gasteiger partial charge >= 0.3 is 0 Å². The smallest absolute Gasteiger partial charge is 0.263 e. The predicted octanol–water partition coefficient (Wildman–Crippen LogP) is 2.03. The highest BCUT2D eigenvalue weighted by atomic mass is 32.2. The van der Waals surface area contributed by atoms with Crippen molar-refractivity contribution in [2.24, 2.45) is 0 Å². The first-order chi connectivity index (χ1) is 11.2. The van der Waals surface area contributed by atoms with Crippen LogP contribution in [0.5, 0.6) is 5.75 Å². The van der Waals surface area contributed by atoms with E-state index in [1.165, 1.54) is 28.4 Å². The summed E-state index contributed by atoms with van der Waals surface area (Å²) in [7, 11) is -0.439. The van der Waals surface area contributed by atoms with E-state index in [0.717, 1.165) is 5.69 Å². The molecule has 7 nitrogen and oxygen atoms in total. The molecule has 0 spiro atoms. The number of carbonyl (C=O) groups is 1. The van der Waals surface area contributed by atoms with Crippen LogP contribution in [0.2, 0.25) is 0 Å². The molecular formula is C15H19N3O4S2. The van der Waals surface area contributed by atoms with Gasteiger partial charge in [-0.2, -0.15) is 0 Å². The Bertz CT molecular complexity index is 844. The Kier molecular flexibility index (Phi) is 5.45. The standard InChI is InChI=1S/C15H19N3O4S2/c1-10-7-12(5-6-13(10)22-8-14(19)18(3)4)24(20,21)17-15-16-11(2)9-23-15/h5-7,9H,8H2,1-4H3,(H,16,17). The number of benzene rings is 1. The van der Waals surface area contributed by atoms with E-state index < -0.39 is 10.0 Å². The number of likely N-dealkylation sites (N-methyl/N-ethyl adjacent to an activating group) is 1. The van der Waals surface area contributed by atoms with Crippen molar-refractivity contribution in [1.29, 1.82) is 0 Å². The van der Waals surface area contributed by atoms with Gasteiger partial charge in [0.25, 0.3) is 15.9 Å². The number of ether oxygens (including phenoxy) is 1. The topological polar surface area (TPSA) is 88.6 Å². The molecule has 0 aliphatic heterocycles. The first-order valence-corrected chi connectivity index (χ1v) is 9.44. The fourth-order valence-corrected chi connectivity index (χ4v) is 3.82. The van der Waals surface area contributed by atoms with Gasteiger partial charge < -0.3 is 9.64 Å². The number of thiazole rings is 1. The molecule has 0 aliphatic carbocycles. The number of rotatable bonds is 6. The van der Waals surface area contributed by atoms with Crippen molar-refractivity contribution in [3.05, 3.63) is 34.8 Å². The van der Waals surface area contributed by atoms with Crippen LogP contribution >= 0.6 is 11.3 Å². The molecule has 0 saturated heterocycles. The molecule has 0 radical (unpaired) electrons. The first-order valence-electron chi connectivity index (χ1n) is 7.07. The molecule has 1 aromatic carbocycles. The molecule has 0 bridgehead atoms. The van der Waals surface area contributed by atoms with Gasteiger partial charge in [0.1, 0.15) is 5.75 Å². The van der Waals surface area contributed by atoms with Crippen LogP contribution in [0.3, 0.4) is 0 Å². The fraction of sp³-hybridized carbons (Fsp3) is 0.333. The SMILES string of the molecule is Cc1csc(NS(=O)(=O)c2ccc(OCC(=O)N(C)C)c(C)c2)n1. The number of carbonyl (C=O) groups excluding carboxylic acids is 1. The minimum Gasteiger partial charge on any atom is -0.483 e. The average molecular weight is 369 g/mol. The summed E-state index contributed by atoms with van der Waals surface area (Å²) in [5.41, 5.74) is 1.38. The third-order valence-corrected chi connectivity index (χ3v) is 5.49. The summed E-state index contributed by atoms with van der Waals surface area (Å²) in [5, 5.41) is 2.09. The Hall–Kier alpha value is -2.13. The van der Waals surface area contributed by atoms with Crippen molar-refractivity contribution in [2.75, 3.05) is 25.4 Å². The van der Waals surface area contributed by atoms with E-state index in [4.69, 9.17) is 4.74 Å². The Balaban J connectivity index is 2.14. The number of hydrogen-bond acceptors (Lipinski definition) is 6. The molecule has 0 unspecified atom stereocenters. The third kappa shape index (κ3) is 4.45. The normalized spacial score (nSPS) is 11.2. The maximum Gasteiger partial charge on any atom is 0.263 e. The molecule has 130 valence electrons. The van der Waals surface area contributed by atoms with E-state index >= 15 is 0 Å². The van der Waals surface area contributed by atoms with E-state index in [2.05, 4.69) is 9.71 Å². The summed E-state index contributed by atoms with van der Waals surface area (Å²) in [6.07, 6.45) is 0. The van der Waals surface area contributed by atoms with Gasteiger partial charge in [-0.3, -0.25) is 9.52 Å². The molecule has 0 aliphatic rings. The van der Waals surface area contributed by atoms with Crippen LogP contribution in [0.4, 0.5) is 5.13 Å². The van der Waals surface area contributed by atoms with Crippen molar-refractivity contribution < 1.29 is 17.9 Å². The number of nitrogens with one attached hydrogen (secondary N) is 1. The lowest BCUT2D eigenvalue weighted by Gasteiger charge is -2.13. The Labute approximate surface area is 145 Å². The lowest BCUT2D eigenvalue weighted by molar-refractivity contribution is -0.130. The summed E-state index contributed by atoms with van der Waals surface area (Å²) in [6.45, 7) is 3.41. The monoisotopic (exact) mass is 369 g/mol. The summed E-state index contributed by atoms with van der Waals surface area (Å²) in [5.74, 6) is 0.293. The zero-order valence-electron chi connectivity index (χ0n) is 13.9. The quantitative estimate of drug-likeness (QED) is 0.842. The van der Waals surface area contributed by atoms with Gasteiger partial charge in [-0.1, -0.05) is 0 Å². The molecule has 0 atom stereocenters. The lowest BCUT2D eigenvalue weighted by Crippen LogP contribution is -2.27. The zero-order valence-corrected chi connectivity index (χ0v) is 15.5. The second-order valence-electron chi connectivity index (χ2n) is 5.40. The van der Waals surface area contributed by atoms with E-state index in [9.17, 15) is 13.2 Å². The van der Waals surface area contributed by atoms with E-state index in [1.807, 2.05) is 0 Å². The molecule has 1 amide bonds. The number of aromatic nitrogens is 1. The van der Waals surface area contributed by atoms with Gasteiger partial charge in [-0.25, -0.2) is 13.4 Å². The van der Waals surface area contributed by atoms with Gasteiger partial charge in [-0.15, -0.1) is 11.3 Å². The Morgan fingerprint density at radius 3 is 2.58 bits per heavy atom. The maximum absolute atomic E-state index is 12.4. The van der Waals surface area contributed by atoms with Crippen LogP contribution in [0.25, 0.3) is 0 Å². The number of sulfonamides is 1. The van der Waals surface area contributed by atoms with Crippen molar-refractivity contribution in [3.63, 3.8) is 0 Å². The highest BCUT2D eigenvalue weighted by Crippen LogP contribution is 2.24. The van der Waals surface area contributed by atoms with Gasteiger partial charge in [0.05, 0.1) is 10.6 Å². The van der Waals surface area contributed by atoms with Gasteiger partial charge in [0.2, 0.25) is 0 Å². The van der Waals surface area contributed by atoms with E-state index in [-0.39, 0.29) is 17.4 Å². The summed E-state index contributed by atoms with van der Waals surface area (Å²) in [4.78, 5) is 17.2. The first kappa shape index (κ1) is 18.2. The highest BCUT2D eigenvalue weighted by Gasteiger charge is 2.17. The predicted molar refractivity (Wildman–Crippen MR) is 93.0 cm³/mol. The minimum atomic E-state index is -3.72. The third-order valence-electron chi connectivity index (χ3n) is 3.15. The minimum absolute atomic E-state index is 0.101. The van der Waals surface area contributed by atoms with E-state index in [0.29, 0.717) is 16.4 Å². The molecule has 2 rings (SSSR count). The summed E-state index contributed by atoms with van der Waals surface area (Å²) in [6, 6.07) is 4.48. The number of anilines is 1. The Morgan fingerprint density at radius 1 is 1.33 bits per heavy atom. The molecular weight excluding hydrogens is 350 g/mol. The van der Waals surface area contributed by atoms with Gasteiger partial charge in [-0.05, 0) is 37.6 Å². The van der Waals surface area contributed by atoms with Crippen LogP contribution in [-0.4, -0.2) is 44.9 Å². The number of aryl methyl sites for hydroxylation is 2. The Morgan fingerprint density at radius 2 is 2.04 bits per heavy atom. The highest BCUT2D eigenvalue weighted by molar-refractivity contribution is 7.93. The molecule has 9 heteroatoms. The molecule has 1 N–H and O–H groups in total. The molecule has 2 aromatic rings. The second kappa shape index (κ2) is 7.18. The van der Waals surface area contributed by atoms with Crippen molar-refractivity contribution in [3.8, 4) is 5.75 Å². The largest absolute Gasteiger partial charge is 0.483 e. The number of amides is 1. The maximum atomic E-state index is 12.4. The summed E-state index contributed by atoms with van der Waals surface area (Å²) < 4.78 is 32.6. The number of hydrogen-bond donors (Lipinski definition) is 1. The van der Waals surface area contributed by atoms with E-state index in [1.54, 1.807) is 39.4 Å². The van der Waals surface area contributed by atoms with Crippen molar-refractivity contribution in [2.45, 2.75) is 18.7 Å². The van der Waals surface area contributed by atoms with Crippen LogP contribution in [0.15, 0.2) is 28.5 Å². The van der Waals surface area contributed by atoms with Gasteiger partial charge in [0, 0.05) is 19.5 Å². The van der Waals surface area contributed by atoms with Crippen LogP contribution in [0, 0.1) is 13.8 Å². The van der Waals surface area contributed by atoms with Crippen molar-refractivity contribution in [1.82, 2.24) is 9.88 Å². The average Bonchev–Trinajstić information content (AvgIpc) is 2.89. The second-order valence-corrected chi connectivity index (χ2v) is 7.94. The fourth-order valence-electron chi connectivity index (χ4n) is 1.79. The van der Waals surface area contributed by atoms with Gasteiger partial charge in [0.15, 0.2) is 11.7 Å². The number of nitrogens with zero attached hydrogens (tertiary/aromatic N) is 2. The zero-order chi connectivity index (χ0) is 17.9. The van der Waals surface area contributed by atoms with Crippen LogP contribution < -0.4 is 9.46 Å². The van der Waals surface area contributed by atoms with Crippen LogP contribution in [-0.2, 0) is 14.8 Å². The molecule has 1 heterocycles. The lowest BCUT2D eigenvalue weighted by atomic mass is 10.2. The summed E-state index contributed by atoms with van der Waals surface area (Å²) >= 11 is 1.22.